The van der Waals surface area contributed by atoms with Crippen molar-refractivity contribution < 1.29 is 84.6 Å². The van der Waals surface area contributed by atoms with Gasteiger partial charge in [-0.25, -0.2) is 14.4 Å². The molecular formula is C71H61N3O16. The van der Waals surface area contributed by atoms with Crippen LogP contribution in [0, 0.1) is 13.8 Å². The highest BCUT2D eigenvalue weighted by Crippen LogP contribution is 2.45. The highest BCUT2D eigenvalue weighted by molar-refractivity contribution is 6.02. The molecule has 19 nitrogen and oxygen atoms in total. The lowest BCUT2D eigenvalue weighted by molar-refractivity contribution is -0.646. The van der Waals surface area contributed by atoms with Gasteiger partial charge in [-0.15, -0.1) is 0 Å². The topological polar surface area (TPSA) is 307 Å². The Bertz CT molecular complexity index is 4550. The van der Waals surface area contributed by atoms with Crippen LogP contribution in [-0.4, -0.2) is 93.7 Å². The maximum Gasteiger partial charge on any atom is 0.339 e. The third-order valence-electron chi connectivity index (χ3n) is 15.7. The van der Waals surface area contributed by atoms with E-state index >= 15 is 0 Å². The molecule has 11 aromatic rings. The van der Waals surface area contributed by atoms with Gasteiger partial charge in [0.25, 0.3) is 0 Å². The molecular weight excluding hydrogens is 1150 g/mol. The molecule has 2 unspecified atom stereocenters. The summed E-state index contributed by atoms with van der Waals surface area (Å²) in [6, 6.07) is 48.4. The fourth-order valence-corrected chi connectivity index (χ4v) is 11.1. The second-order valence-electron chi connectivity index (χ2n) is 21.7. The number of carboxylic acid groups (broad SMARTS) is 2. The molecule has 12 rings (SSSR count). The van der Waals surface area contributed by atoms with Gasteiger partial charge in [-0.1, -0.05) is 78.5 Å². The van der Waals surface area contributed by atoms with Crippen LogP contribution in [0.15, 0.2) is 170 Å². The Morgan fingerprint density at radius 3 is 1.91 bits per heavy atom. The summed E-state index contributed by atoms with van der Waals surface area (Å²) in [5, 5.41) is 114. The number of fused-ring (bicyclic) bond motifs is 4. The highest BCUT2D eigenvalue weighted by Gasteiger charge is 2.37. The van der Waals surface area contributed by atoms with E-state index < -0.39 is 64.6 Å². The first-order valence-electron chi connectivity index (χ1n) is 28.1. The van der Waals surface area contributed by atoms with Crippen molar-refractivity contribution in [3.63, 3.8) is 0 Å². The second-order valence-corrected chi connectivity index (χ2v) is 21.7. The number of rotatable bonds is 11. The van der Waals surface area contributed by atoms with Crippen LogP contribution in [0.1, 0.15) is 82.1 Å². The molecule has 10 N–H and O–H groups in total. The summed E-state index contributed by atoms with van der Waals surface area (Å²) in [5.41, 5.74) is 8.72. The van der Waals surface area contributed by atoms with Gasteiger partial charge in [-0.3, -0.25) is 0 Å². The minimum atomic E-state index is -1.34. The van der Waals surface area contributed by atoms with Gasteiger partial charge in [0.15, 0.2) is 34.9 Å². The number of nitrogens with zero attached hydrogens (tertiary/aromatic N) is 3. The van der Waals surface area contributed by atoms with Crippen molar-refractivity contribution in [3.05, 3.63) is 231 Å². The summed E-state index contributed by atoms with van der Waals surface area (Å²) >= 11 is 0. The first-order valence-corrected chi connectivity index (χ1v) is 28.1. The number of ether oxygens (including phenoxy) is 2. The normalized spacial score (nSPS) is 13.4. The minimum absolute atomic E-state index is 0.0461. The van der Waals surface area contributed by atoms with E-state index in [0.717, 1.165) is 18.2 Å². The molecule has 0 fully saturated rings. The summed E-state index contributed by atoms with van der Waals surface area (Å²) < 4.78 is 15.9. The molecule has 9 aromatic carbocycles. The number of pyridine rings is 1. The van der Waals surface area contributed by atoms with Crippen molar-refractivity contribution in [2.45, 2.75) is 38.9 Å². The van der Waals surface area contributed by atoms with Crippen molar-refractivity contribution in [3.8, 4) is 63.2 Å². The van der Waals surface area contributed by atoms with Crippen molar-refractivity contribution in [2.75, 3.05) is 19.0 Å². The van der Waals surface area contributed by atoms with E-state index in [1.807, 2.05) is 0 Å². The molecule has 2 atom stereocenters. The smallest absolute Gasteiger partial charge is 0.339 e. The van der Waals surface area contributed by atoms with Gasteiger partial charge in [0.1, 0.15) is 41.7 Å². The number of carbonyl (C=O) groups excluding carboxylic acids is 1. The molecule has 0 amide bonds. The van der Waals surface area contributed by atoms with Crippen LogP contribution in [0.2, 0.25) is 0 Å². The predicted octanol–water partition coefficient (Wildman–Crippen LogP) is 11.6. The van der Waals surface area contributed by atoms with Gasteiger partial charge in [0.05, 0.1) is 11.1 Å². The SMILES string of the molecule is Cc1cc(C=Cc2ccc3cc(N(C)C)ccc3[n+]2C)c(C)n1-c1ccccc1.O=C(O)c1cc2ccccc2c(Cc2c(O)c(C(=O)O)cc3ccccc23)c1[O-].O=C(OC1Cc2c(O)cc(O)cc2OC1c1ccc(O)c(O)c1)c1cc(O)c(O)c(O)c1. The van der Waals surface area contributed by atoms with E-state index in [2.05, 4.69) is 128 Å². The fraction of sp³-hybridized carbons (Fsp3) is 0.127. The number of benzene rings is 9. The number of anilines is 1. The number of aryl methyl sites for hydroxylation is 2. The standard InChI is InChI=1S/C26H28N3.C23H16O6.C22H18O10/c1-19-17-21(20(2)29(19)24-9-7-6-8-10-24)11-13-23-14-12-22-18-25(27(3)4)15-16-26(22)28(23)5;24-20-16(14-7-3-1-5-12(14)9-18(20)22(26)27)11-17-15-8-4-2-6-13(15)10-19(21(17)25)23(28)29;23-11-6-14(25)12-8-19(32-22(30)10-4-16(27)20(29)17(28)5-10)21(31-18(12)7-11)9-1-2-13(24)15(26)3-9/h6-18H,1-5H3;1-10,24-25H,11H2,(H,26,27)(H,28,29);1-7,19,21,23-29H,8H2/q+1;;/p-1. The number of hydrogen-bond donors (Lipinski definition) is 10. The Kier molecular flexibility index (Phi) is 17.2. The zero-order valence-electron chi connectivity index (χ0n) is 49.2. The summed E-state index contributed by atoms with van der Waals surface area (Å²) in [7, 11) is 6.28. The van der Waals surface area contributed by atoms with Crippen LogP contribution in [0.4, 0.5) is 5.69 Å². The number of carbonyl (C=O) groups is 3. The molecule has 0 saturated carbocycles. The van der Waals surface area contributed by atoms with Crippen LogP contribution >= 0.6 is 0 Å². The van der Waals surface area contributed by atoms with E-state index in [0.29, 0.717) is 27.1 Å². The Hall–Kier alpha value is -11.9. The average molecular weight is 1210 g/mol. The van der Waals surface area contributed by atoms with Crippen LogP contribution in [0.5, 0.6) is 57.5 Å². The van der Waals surface area contributed by atoms with Gasteiger partial charge in [-0.2, -0.15) is 4.57 Å². The van der Waals surface area contributed by atoms with E-state index in [1.165, 1.54) is 81.3 Å². The third-order valence-corrected chi connectivity index (χ3v) is 15.7. The van der Waals surface area contributed by atoms with E-state index in [-0.39, 0.29) is 69.2 Å². The van der Waals surface area contributed by atoms with Crippen LogP contribution in [-0.2, 0) is 24.6 Å². The summed E-state index contributed by atoms with van der Waals surface area (Å²) in [5.74, 6) is -8.14. The number of aromatic carboxylic acids is 2. The van der Waals surface area contributed by atoms with Gasteiger partial charge < -0.3 is 75.1 Å². The van der Waals surface area contributed by atoms with Gasteiger partial charge >= 0.3 is 17.9 Å². The molecule has 0 spiro atoms. The number of phenolic OH excluding ortho intramolecular Hbond substituents is 7. The van der Waals surface area contributed by atoms with Crippen molar-refractivity contribution >= 4 is 68.2 Å². The zero-order valence-corrected chi connectivity index (χ0v) is 49.2. The number of carboxylic acids is 2. The maximum absolute atomic E-state index is 12.9. The Morgan fingerprint density at radius 1 is 0.633 bits per heavy atom. The molecule has 2 aromatic heterocycles. The molecule has 456 valence electrons. The quantitative estimate of drug-likeness (QED) is 0.0327. The summed E-state index contributed by atoms with van der Waals surface area (Å²) in [6.45, 7) is 4.35. The molecule has 3 heterocycles. The van der Waals surface area contributed by atoms with Crippen molar-refractivity contribution in [1.29, 1.82) is 0 Å². The Balaban J connectivity index is 0.000000149. The summed E-state index contributed by atoms with van der Waals surface area (Å²) in [6.07, 6.45) is 2.20. The molecule has 1 aliphatic rings. The predicted molar refractivity (Wildman–Crippen MR) is 337 cm³/mol. The molecule has 0 bridgehead atoms. The van der Waals surface area contributed by atoms with Gasteiger partial charge in [-0.05, 0) is 125 Å². The number of para-hydroxylation sites is 1. The van der Waals surface area contributed by atoms with Crippen molar-refractivity contribution in [2.24, 2.45) is 7.05 Å². The van der Waals surface area contributed by atoms with E-state index in [9.17, 15) is 70.6 Å². The number of hydrogen-bond acceptors (Lipinski definition) is 15. The van der Waals surface area contributed by atoms with Gasteiger partial charge in [0.2, 0.25) is 11.2 Å². The molecule has 0 saturated heterocycles. The van der Waals surface area contributed by atoms with Gasteiger partial charge in [0, 0.05) is 102 Å². The van der Waals surface area contributed by atoms with E-state index in [4.69, 9.17) is 9.47 Å². The monoisotopic (exact) mass is 1210 g/mol. The fourth-order valence-electron chi connectivity index (χ4n) is 11.1. The first-order chi connectivity index (χ1) is 43.0. The average Bonchev–Trinajstić information content (AvgIpc) is 1.35. The molecule has 19 heteroatoms. The molecule has 90 heavy (non-hydrogen) atoms. The Morgan fingerprint density at radius 2 is 1.27 bits per heavy atom. The van der Waals surface area contributed by atoms with Crippen molar-refractivity contribution in [1.82, 2.24) is 4.57 Å². The number of esters is 1. The lowest BCUT2D eigenvalue weighted by Gasteiger charge is -2.34. The van der Waals surface area contributed by atoms with Crippen LogP contribution in [0.25, 0.3) is 50.3 Å². The van der Waals surface area contributed by atoms with Crippen LogP contribution in [0.3, 0.4) is 0 Å². The van der Waals surface area contributed by atoms with E-state index in [1.54, 1.807) is 48.5 Å². The largest absolute Gasteiger partial charge is 0.872 e. The highest BCUT2D eigenvalue weighted by atomic mass is 16.6. The molecule has 1 aliphatic heterocycles. The number of aromatic nitrogens is 2. The maximum atomic E-state index is 12.9. The second kappa shape index (κ2) is 25.2. The third kappa shape index (κ3) is 12.4. The lowest BCUT2D eigenvalue weighted by atomic mass is 9.90. The molecule has 0 aliphatic carbocycles. The minimum Gasteiger partial charge on any atom is -0.872 e. The summed E-state index contributed by atoms with van der Waals surface area (Å²) in [4.78, 5) is 38.0. The lowest BCUT2D eigenvalue weighted by Crippen LogP contribution is -2.34. The van der Waals surface area contributed by atoms with Crippen LogP contribution < -0.4 is 19.3 Å². The zero-order chi connectivity index (χ0) is 64.4. The Labute approximate surface area is 514 Å². The number of aromatic hydroxyl groups is 8. The number of phenols is 8. The molecule has 0 radical (unpaired) electrons. The first kappa shape index (κ1) is 61.2.